The van der Waals surface area contributed by atoms with Gasteiger partial charge in [0.25, 0.3) is 0 Å². The van der Waals surface area contributed by atoms with E-state index in [0.29, 0.717) is 30.4 Å². The van der Waals surface area contributed by atoms with Crippen molar-refractivity contribution >= 4 is 11.9 Å². The van der Waals surface area contributed by atoms with Crippen LogP contribution in [-0.4, -0.2) is 22.7 Å². The van der Waals surface area contributed by atoms with E-state index in [-0.39, 0.29) is 0 Å². The van der Waals surface area contributed by atoms with Crippen LogP contribution < -0.4 is 15.8 Å². The zero-order valence-electron chi connectivity index (χ0n) is 10.7. The third-order valence-corrected chi connectivity index (χ3v) is 2.58. The second kappa shape index (κ2) is 6.42. The largest absolute Gasteiger partial charge is 0.465 e. The molecule has 4 N–H and O–H groups in total. The van der Waals surface area contributed by atoms with Gasteiger partial charge in [0.2, 0.25) is 5.88 Å². The smallest absolute Gasteiger partial charge is 0.404 e. The number of hydrogen-bond acceptors (Lipinski definition) is 4. The van der Waals surface area contributed by atoms with Gasteiger partial charge in [0.05, 0.1) is 0 Å². The SMILES string of the molecule is Nc1cccc(Oc2ccc(CCNC(=O)O)cc2)n1. The Bertz CT molecular complexity index is 584. The van der Waals surface area contributed by atoms with Gasteiger partial charge < -0.3 is 20.9 Å². The van der Waals surface area contributed by atoms with Crippen molar-refractivity contribution in [1.82, 2.24) is 10.3 Å². The lowest BCUT2D eigenvalue weighted by Crippen LogP contribution is -2.23. The van der Waals surface area contributed by atoms with Crippen LogP contribution in [-0.2, 0) is 6.42 Å². The number of aromatic nitrogens is 1. The monoisotopic (exact) mass is 273 g/mol. The summed E-state index contributed by atoms with van der Waals surface area (Å²) in [4.78, 5) is 14.4. The summed E-state index contributed by atoms with van der Waals surface area (Å²) in [6.07, 6.45) is -0.388. The molecule has 1 heterocycles. The Labute approximate surface area is 116 Å². The highest BCUT2D eigenvalue weighted by atomic mass is 16.5. The van der Waals surface area contributed by atoms with Crippen LogP contribution in [0.5, 0.6) is 11.6 Å². The van der Waals surface area contributed by atoms with E-state index >= 15 is 0 Å². The van der Waals surface area contributed by atoms with Gasteiger partial charge in [0.15, 0.2) is 0 Å². The molecular formula is C14H15N3O3. The third kappa shape index (κ3) is 4.16. The van der Waals surface area contributed by atoms with E-state index in [0.717, 1.165) is 5.56 Å². The molecule has 1 aromatic heterocycles. The Morgan fingerprint density at radius 1 is 1.25 bits per heavy atom. The highest BCUT2D eigenvalue weighted by Crippen LogP contribution is 2.20. The second-order valence-electron chi connectivity index (χ2n) is 4.13. The van der Waals surface area contributed by atoms with Crippen molar-refractivity contribution in [2.24, 2.45) is 0 Å². The van der Waals surface area contributed by atoms with E-state index in [9.17, 15) is 4.79 Å². The van der Waals surface area contributed by atoms with Crippen LogP contribution >= 0.6 is 0 Å². The number of nitrogens with two attached hydrogens (primary N) is 1. The summed E-state index contributed by atoms with van der Waals surface area (Å²) in [5.41, 5.74) is 6.59. The first-order chi connectivity index (χ1) is 9.63. The van der Waals surface area contributed by atoms with Crippen molar-refractivity contribution in [2.45, 2.75) is 6.42 Å². The van der Waals surface area contributed by atoms with Gasteiger partial charge in [-0.2, -0.15) is 4.98 Å². The highest BCUT2D eigenvalue weighted by Gasteiger charge is 2.00. The molecule has 0 saturated heterocycles. The lowest BCUT2D eigenvalue weighted by molar-refractivity contribution is 0.194. The van der Waals surface area contributed by atoms with Crippen LogP contribution in [0, 0.1) is 0 Å². The Morgan fingerprint density at radius 3 is 2.65 bits per heavy atom. The first-order valence-electron chi connectivity index (χ1n) is 6.09. The molecule has 2 aromatic rings. The van der Waals surface area contributed by atoms with Crippen LogP contribution in [0.1, 0.15) is 5.56 Å². The molecule has 20 heavy (non-hydrogen) atoms. The van der Waals surface area contributed by atoms with E-state index in [1.54, 1.807) is 30.3 Å². The molecule has 0 aliphatic rings. The number of pyridine rings is 1. The van der Waals surface area contributed by atoms with E-state index in [2.05, 4.69) is 10.3 Å². The van der Waals surface area contributed by atoms with Crippen LogP contribution in [0.3, 0.4) is 0 Å². The molecule has 1 amide bonds. The van der Waals surface area contributed by atoms with Gasteiger partial charge in [-0.05, 0) is 30.2 Å². The number of nitrogens with one attached hydrogen (secondary N) is 1. The minimum absolute atomic E-state index is 0.381. The molecule has 0 bridgehead atoms. The number of rotatable bonds is 5. The lowest BCUT2D eigenvalue weighted by Gasteiger charge is -2.06. The van der Waals surface area contributed by atoms with Crippen molar-refractivity contribution in [3.05, 3.63) is 48.0 Å². The highest BCUT2D eigenvalue weighted by molar-refractivity contribution is 5.64. The van der Waals surface area contributed by atoms with E-state index in [4.69, 9.17) is 15.6 Å². The number of benzene rings is 1. The summed E-state index contributed by atoms with van der Waals surface area (Å²) < 4.78 is 5.56. The summed E-state index contributed by atoms with van der Waals surface area (Å²) in [5, 5.41) is 10.8. The fourth-order valence-corrected chi connectivity index (χ4v) is 1.65. The van der Waals surface area contributed by atoms with Crippen molar-refractivity contribution in [2.75, 3.05) is 12.3 Å². The van der Waals surface area contributed by atoms with Crippen LogP contribution in [0.2, 0.25) is 0 Å². The quantitative estimate of drug-likeness (QED) is 0.776. The van der Waals surface area contributed by atoms with Gasteiger partial charge >= 0.3 is 6.09 Å². The normalized spacial score (nSPS) is 10.0. The number of carbonyl (C=O) groups is 1. The lowest BCUT2D eigenvalue weighted by atomic mass is 10.1. The number of ether oxygens (including phenoxy) is 1. The van der Waals surface area contributed by atoms with Crippen molar-refractivity contribution in [3.63, 3.8) is 0 Å². The molecular weight excluding hydrogens is 258 g/mol. The number of carboxylic acid groups (broad SMARTS) is 1. The fraction of sp³-hybridized carbons (Fsp3) is 0.143. The molecule has 6 nitrogen and oxygen atoms in total. The maximum absolute atomic E-state index is 10.3. The Morgan fingerprint density at radius 2 is 2.00 bits per heavy atom. The van der Waals surface area contributed by atoms with Crippen LogP contribution in [0.15, 0.2) is 42.5 Å². The van der Waals surface area contributed by atoms with Gasteiger partial charge in [0.1, 0.15) is 11.6 Å². The van der Waals surface area contributed by atoms with E-state index < -0.39 is 6.09 Å². The number of hydrogen-bond donors (Lipinski definition) is 3. The first kappa shape index (κ1) is 13.7. The molecule has 0 saturated carbocycles. The molecule has 2 rings (SSSR count). The summed E-state index contributed by atoms with van der Waals surface area (Å²) >= 11 is 0. The first-order valence-corrected chi connectivity index (χ1v) is 6.09. The second-order valence-corrected chi connectivity index (χ2v) is 4.13. The van der Waals surface area contributed by atoms with Gasteiger partial charge in [-0.1, -0.05) is 18.2 Å². The minimum Gasteiger partial charge on any atom is -0.465 e. The summed E-state index contributed by atoms with van der Waals surface area (Å²) in [6.45, 7) is 0.381. The number of anilines is 1. The standard InChI is InChI=1S/C14H15N3O3/c15-12-2-1-3-13(17-12)20-11-6-4-10(5-7-11)8-9-16-14(18)19/h1-7,16H,8-9H2,(H2,15,17)(H,18,19). The van der Waals surface area contributed by atoms with Crippen molar-refractivity contribution < 1.29 is 14.6 Å². The predicted molar refractivity (Wildman–Crippen MR) is 74.9 cm³/mol. The third-order valence-electron chi connectivity index (χ3n) is 2.58. The van der Waals surface area contributed by atoms with Crippen LogP contribution in [0.25, 0.3) is 0 Å². The molecule has 1 aromatic carbocycles. The van der Waals surface area contributed by atoms with Gasteiger partial charge in [-0.15, -0.1) is 0 Å². The molecule has 0 aliphatic heterocycles. The maximum atomic E-state index is 10.3. The Balaban J connectivity index is 1.93. The molecule has 0 aliphatic carbocycles. The van der Waals surface area contributed by atoms with Crippen molar-refractivity contribution in [3.8, 4) is 11.6 Å². The molecule has 0 unspecified atom stereocenters. The molecule has 0 fully saturated rings. The zero-order valence-corrected chi connectivity index (χ0v) is 10.7. The van der Waals surface area contributed by atoms with Crippen LogP contribution in [0.4, 0.5) is 10.6 Å². The summed E-state index contributed by atoms with van der Waals surface area (Å²) in [6, 6.07) is 12.5. The molecule has 0 radical (unpaired) electrons. The minimum atomic E-state index is -1.02. The average molecular weight is 273 g/mol. The maximum Gasteiger partial charge on any atom is 0.404 e. The Kier molecular flexibility index (Phi) is 4.39. The fourth-order valence-electron chi connectivity index (χ4n) is 1.65. The van der Waals surface area contributed by atoms with Gasteiger partial charge in [0, 0.05) is 12.6 Å². The van der Waals surface area contributed by atoms with Crippen molar-refractivity contribution in [1.29, 1.82) is 0 Å². The van der Waals surface area contributed by atoms with Gasteiger partial charge in [-0.25, -0.2) is 4.79 Å². The number of nitrogens with zero attached hydrogens (tertiary/aromatic N) is 1. The van der Waals surface area contributed by atoms with E-state index in [1.165, 1.54) is 0 Å². The van der Waals surface area contributed by atoms with Gasteiger partial charge in [-0.3, -0.25) is 0 Å². The zero-order chi connectivity index (χ0) is 14.4. The predicted octanol–water partition coefficient (Wildman–Crippen LogP) is 2.27. The number of amides is 1. The molecule has 0 atom stereocenters. The van der Waals surface area contributed by atoms with E-state index in [1.807, 2.05) is 12.1 Å². The molecule has 6 heteroatoms. The molecule has 104 valence electrons. The number of nitrogen functional groups attached to an aromatic ring is 1. The Hall–Kier alpha value is -2.76. The topological polar surface area (TPSA) is 97.5 Å². The summed E-state index contributed by atoms with van der Waals surface area (Å²) in [7, 11) is 0. The summed E-state index contributed by atoms with van der Waals surface area (Å²) in [5.74, 6) is 1.49. The average Bonchev–Trinajstić information content (AvgIpc) is 2.40. The molecule has 0 spiro atoms.